The van der Waals surface area contributed by atoms with Gasteiger partial charge in [0.2, 0.25) is 0 Å². The van der Waals surface area contributed by atoms with Gasteiger partial charge in [-0.15, -0.1) is 0 Å². The highest BCUT2D eigenvalue weighted by Gasteiger charge is 2.40. The lowest BCUT2D eigenvalue weighted by Gasteiger charge is -2.38. The summed E-state index contributed by atoms with van der Waals surface area (Å²) in [5.41, 5.74) is 6.73. The van der Waals surface area contributed by atoms with E-state index >= 15 is 0 Å². The van der Waals surface area contributed by atoms with E-state index in [4.69, 9.17) is 19.9 Å². The van der Waals surface area contributed by atoms with Gasteiger partial charge in [0, 0.05) is 18.9 Å². The van der Waals surface area contributed by atoms with E-state index in [1.54, 1.807) is 13.2 Å². The lowest BCUT2D eigenvalue weighted by Crippen LogP contribution is -2.41. The highest BCUT2D eigenvalue weighted by atomic mass is 16.5. The Morgan fingerprint density at radius 1 is 1.30 bits per heavy atom. The van der Waals surface area contributed by atoms with Gasteiger partial charge in [-0.1, -0.05) is 12.8 Å². The van der Waals surface area contributed by atoms with Crippen LogP contribution in [-0.4, -0.2) is 25.4 Å². The van der Waals surface area contributed by atoms with Gasteiger partial charge in [0.1, 0.15) is 17.6 Å². The molecule has 0 bridgehead atoms. The van der Waals surface area contributed by atoms with E-state index in [1.807, 2.05) is 12.1 Å². The molecule has 110 valence electrons. The first-order valence-electron chi connectivity index (χ1n) is 7.45. The smallest absolute Gasteiger partial charge is 0.142 e. The van der Waals surface area contributed by atoms with Crippen molar-refractivity contribution in [3.05, 3.63) is 18.2 Å². The second-order valence-electron chi connectivity index (χ2n) is 5.87. The Kier molecular flexibility index (Phi) is 3.74. The molecule has 0 radical (unpaired) electrons. The van der Waals surface area contributed by atoms with Crippen LogP contribution in [0.2, 0.25) is 0 Å². The summed E-state index contributed by atoms with van der Waals surface area (Å²) >= 11 is 0. The molecule has 4 heteroatoms. The molecule has 1 saturated carbocycles. The van der Waals surface area contributed by atoms with Gasteiger partial charge in [-0.2, -0.15) is 0 Å². The standard InChI is InChI=1S/C16H23NO3/c1-18-12-4-5-15(14(17)10-12)20-13-6-9-19-16(11-13)7-2-3-8-16/h4-5,10,13H,2-3,6-9,11,17H2,1H3. The zero-order valence-corrected chi connectivity index (χ0v) is 12.1. The number of nitrogen functional groups attached to an aromatic ring is 1. The minimum Gasteiger partial charge on any atom is -0.497 e. The van der Waals surface area contributed by atoms with Crippen molar-refractivity contribution in [2.75, 3.05) is 19.5 Å². The summed E-state index contributed by atoms with van der Waals surface area (Å²) < 4.78 is 17.3. The van der Waals surface area contributed by atoms with Gasteiger partial charge >= 0.3 is 0 Å². The third-order valence-electron chi connectivity index (χ3n) is 4.47. The average Bonchev–Trinajstić information content (AvgIpc) is 2.89. The number of nitrogens with two attached hydrogens (primary N) is 1. The Balaban J connectivity index is 1.68. The van der Waals surface area contributed by atoms with Crippen LogP contribution >= 0.6 is 0 Å². The number of ether oxygens (including phenoxy) is 3. The number of methoxy groups -OCH3 is 1. The van der Waals surface area contributed by atoms with Gasteiger partial charge in [-0.25, -0.2) is 0 Å². The molecular formula is C16H23NO3. The van der Waals surface area contributed by atoms with Gasteiger partial charge in [-0.3, -0.25) is 0 Å². The molecule has 1 aromatic carbocycles. The van der Waals surface area contributed by atoms with Gasteiger partial charge < -0.3 is 19.9 Å². The predicted molar refractivity (Wildman–Crippen MR) is 78.2 cm³/mol. The van der Waals surface area contributed by atoms with Gasteiger partial charge in [0.05, 0.1) is 25.0 Å². The van der Waals surface area contributed by atoms with Crippen molar-refractivity contribution in [2.24, 2.45) is 0 Å². The first-order chi connectivity index (χ1) is 9.71. The molecule has 1 aliphatic heterocycles. The fourth-order valence-electron chi connectivity index (χ4n) is 3.39. The van der Waals surface area contributed by atoms with E-state index in [-0.39, 0.29) is 11.7 Å². The normalized spacial score (nSPS) is 24.8. The van der Waals surface area contributed by atoms with Crippen LogP contribution in [-0.2, 0) is 4.74 Å². The summed E-state index contributed by atoms with van der Waals surface area (Å²) in [7, 11) is 1.64. The minimum atomic E-state index is 0.0736. The Hall–Kier alpha value is -1.42. The highest BCUT2D eigenvalue weighted by molar-refractivity contribution is 5.56. The van der Waals surface area contributed by atoms with E-state index in [1.165, 1.54) is 25.7 Å². The van der Waals surface area contributed by atoms with Crippen molar-refractivity contribution in [1.29, 1.82) is 0 Å². The number of hydrogen-bond acceptors (Lipinski definition) is 4. The second kappa shape index (κ2) is 5.52. The number of anilines is 1. The van der Waals surface area contributed by atoms with Crippen molar-refractivity contribution in [3.8, 4) is 11.5 Å². The minimum absolute atomic E-state index is 0.0736. The summed E-state index contributed by atoms with van der Waals surface area (Å²) in [6.45, 7) is 0.792. The van der Waals surface area contributed by atoms with Crippen LogP contribution in [0.25, 0.3) is 0 Å². The lowest BCUT2D eigenvalue weighted by atomic mass is 9.90. The maximum absolute atomic E-state index is 6.11. The second-order valence-corrected chi connectivity index (χ2v) is 5.87. The third-order valence-corrected chi connectivity index (χ3v) is 4.47. The fourth-order valence-corrected chi connectivity index (χ4v) is 3.39. The maximum Gasteiger partial charge on any atom is 0.142 e. The van der Waals surface area contributed by atoms with Crippen molar-refractivity contribution in [2.45, 2.75) is 50.2 Å². The maximum atomic E-state index is 6.11. The molecule has 1 aliphatic carbocycles. The molecule has 4 nitrogen and oxygen atoms in total. The number of rotatable bonds is 3. The molecule has 20 heavy (non-hydrogen) atoms. The summed E-state index contributed by atoms with van der Waals surface area (Å²) in [4.78, 5) is 0. The lowest BCUT2D eigenvalue weighted by molar-refractivity contribution is -0.108. The molecule has 1 saturated heterocycles. The van der Waals surface area contributed by atoms with Gasteiger partial charge in [0.15, 0.2) is 0 Å². The molecular weight excluding hydrogens is 254 g/mol. The molecule has 1 atom stereocenters. The molecule has 1 heterocycles. The monoisotopic (exact) mass is 277 g/mol. The van der Waals surface area contributed by atoms with Crippen LogP contribution in [0.3, 0.4) is 0 Å². The van der Waals surface area contributed by atoms with E-state index in [2.05, 4.69) is 0 Å². The van der Waals surface area contributed by atoms with Gasteiger partial charge in [0.25, 0.3) is 0 Å². The highest BCUT2D eigenvalue weighted by Crippen LogP contribution is 2.41. The molecule has 0 aromatic heterocycles. The molecule has 0 amide bonds. The number of benzene rings is 1. The number of hydrogen-bond donors (Lipinski definition) is 1. The fraction of sp³-hybridized carbons (Fsp3) is 0.625. The first kappa shape index (κ1) is 13.6. The van der Waals surface area contributed by atoms with E-state index < -0.39 is 0 Å². The molecule has 1 aromatic rings. The van der Waals surface area contributed by atoms with E-state index in [9.17, 15) is 0 Å². The van der Waals surface area contributed by atoms with Crippen molar-refractivity contribution in [1.82, 2.24) is 0 Å². The van der Waals surface area contributed by atoms with E-state index in [0.29, 0.717) is 5.69 Å². The zero-order chi connectivity index (χ0) is 14.0. The van der Waals surface area contributed by atoms with Crippen LogP contribution in [0.1, 0.15) is 38.5 Å². The average molecular weight is 277 g/mol. The molecule has 2 N–H and O–H groups in total. The van der Waals surface area contributed by atoms with Crippen LogP contribution in [0.15, 0.2) is 18.2 Å². The SMILES string of the molecule is COc1ccc(OC2CCOC3(CCCC3)C2)c(N)c1. The van der Waals surface area contributed by atoms with Crippen LogP contribution in [0.5, 0.6) is 11.5 Å². The topological polar surface area (TPSA) is 53.7 Å². The first-order valence-corrected chi connectivity index (χ1v) is 7.45. The molecule has 2 fully saturated rings. The summed E-state index contributed by atoms with van der Waals surface area (Å²) in [5, 5.41) is 0. The Bertz CT molecular complexity index is 469. The van der Waals surface area contributed by atoms with E-state index in [0.717, 1.165) is 30.9 Å². The molecule has 3 rings (SSSR count). The van der Waals surface area contributed by atoms with Crippen LogP contribution in [0, 0.1) is 0 Å². The predicted octanol–water partition coefficient (Wildman–Crippen LogP) is 3.15. The van der Waals surface area contributed by atoms with Crippen molar-refractivity contribution < 1.29 is 14.2 Å². The van der Waals surface area contributed by atoms with Crippen molar-refractivity contribution >= 4 is 5.69 Å². The Labute approximate surface area is 120 Å². The summed E-state index contributed by atoms with van der Waals surface area (Å²) in [5.74, 6) is 1.51. The molecule has 2 aliphatic rings. The molecule has 1 spiro atoms. The summed E-state index contributed by atoms with van der Waals surface area (Å²) in [6.07, 6.45) is 7.02. The molecule has 1 unspecified atom stereocenters. The van der Waals surface area contributed by atoms with Crippen LogP contribution in [0.4, 0.5) is 5.69 Å². The summed E-state index contributed by atoms with van der Waals surface area (Å²) in [6, 6.07) is 5.58. The Morgan fingerprint density at radius 3 is 2.80 bits per heavy atom. The Morgan fingerprint density at radius 2 is 2.10 bits per heavy atom. The quantitative estimate of drug-likeness (QED) is 0.862. The van der Waals surface area contributed by atoms with Gasteiger partial charge in [-0.05, 0) is 25.0 Å². The third kappa shape index (κ3) is 2.70. The van der Waals surface area contributed by atoms with Crippen LogP contribution < -0.4 is 15.2 Å². The zero-order valence-electron chi connectivity index (χ0n) is 12.1. The largest absolute Gasteiger partial charge is 0.497 e. The van der Waals surface area contributed by atoms with Crippen molar-refractivity contribution in [3.63, 3.8) is 0 Å².